The molecule has 0 unspecified atom stereocenters. The Labute approximate surface area is 82.3 Å². The first-order chi connectivity index (χ1) is 6.36. The second-order valence-corrected chi connectivity index (χ2v) is 2.60. The van der Waals surface area contributed by atoms with E-state index >= 15 is 0 Å². The van der Waals surface area contributed by atoms with E-state index in [0.717, 1.165) is 6.42 Å². The van der Waals surface area contributed by atoms with E-state index in [4.69, 9.17) is 0 Å². The zero-order valence-corrected chi connectivity index (χ0v) is 9.17. The van der Waals surface area contributed by atoms with Gasteiger partial charge in [0.2, 0.25) is 0 Å². The van der Waals surface area contributed by atoms with Gasteiger partial charge < -0.3 is 0 Å². The smallest absolute Gasteiger partial charge is 0.0260 e. The fourth-order valence-electron chi connectivity index (χ4n) is 1.06. The molecule has 0 spiro atoms. The molecule has 0 aliphatic heterocycles. The molecule has 72 valence electrons. The van der Waals surface area contributed by atoms with Crippen LogP contribution in [-0.4, -0.2) is 0 Å². The molecule has 0 nitrogen and oxygen atoms in total. The Morgan fingerprint density at radius 1 is 1.08 bits per heavy atom. The molecule has 0 atom stereocenters. The number of benzene rings is 1. The Morgan fingerprint density at radius 2 is 1.62 bits per heavy atom. The largest absolute Gasteiger partial charge is 0.0871 e. The normalized spacial score (nSPS) is 9.54. The van der Waals surface area contributed by atoms with E-state index in [1.165, 1.54) is 11.1 Å². The molecule has 0 heteroatoms. The van der Waals surface area contributed by atoms with Gasteiger partial charge in [0.05, 0.1) is 0 Å². The maximum absolute atomic E-state index is 2.18. The van der Waals surface area contributed by atoms with E-state index in [1.807, 2.05) is 20.8 Å². The van der Waals surface area contributed by atoms with E-state index < -0.39 is 0 Å². The Kier molecular flexibility index (Phi) is 6.99. The third kappa shape index (κ3) is 4.51. The molecular weight excluding hydrogens is 156 g/mol. The summed E-state index contributed by atoms with van der Waals surface area (Å²) in [5.74, 6) is 0. The Morgan fingerprint density at radius 3 is 2.00 bits per heavy atom. The fraction of sp³-hybridized carbons (Fsp3) is 0.385. The molecule has 0 fully saturated rings. The molecule has 0 saturated heterocycles. The van der Waals surface area contributed by atoms with Crippen LogP contribution in [0.15, 0.2) is 30.3 Å². The zero-order chi connectivity index (χ0) is 10.1. The van der Waals surface area contributed by atoms with Crippen LogP contribution in [0, 0.1) is 0 Å². The summed E-state index contributed by atoms with van der Waals surface area (Å²) in [7, 11) is 0. The molecule has 0 aromatic heterocycles. The highest BCUT2D eigenvalue weighted by Gasteiger charge is 1.87. The lowest BCUT2D eigenvalue weighted by Gasteiger charge is -1.95. The van der Waals surface area contributed by atoms with Crippen LogP contribution in [-0.2, 0) is 6.42 Å². The van der Waals surface area contributed by atoms with Crippen LogP contribution in [0.5, 0.6) is 0 Å². The average molecular weight is 176 g/mol. The van der Waals surface area contributed by atoms with Crippen LogP contribution in [0.2, 0.25) is 0 Å². The lowest BCUT2D eigenvalue weighted by molar-refractivity contribution is 1.14. The van der Waals surface area contributed by atoms with Crippen LogP contribution in [0.1, 0.15) is 38.8 Å². The van der Waals surface area contributed by atoms with Crippen molar-refractivity contribution in [3.8, 4) is 0 Å². The average Bonchev–Trinajstić information content (AvgIpc) is 2.23. The van der Waals surface area contributed by atoms with Gasteiger partial charge in [-0.05, 0) is 24.5 Å². The summed E-state index contributed by atoms with van der Waals surface area (Å²) in [5.41, 5.74) is 2.68. The van der Waals surface area contributed by atoms with E-state index in [9.17, 15) is 0 Å². The van der Waals surface area contributed by atoms with Gasteiger partial charge in [0.1, 0.15) is 0 Å². The van der Waals surface area contributed by atoms with Crippen LogP contribution in [0.4, 0.5) is 0 Å². The van der Waals surface area contributed by atoms with Crippen molar-refractivity contribution in [1.29, 1.82) is 0 Å². The van der Waals surface area contributed by atoms with Crippen molar-refractivity contribution in [2.75, 3.05) is 0 Å². The van der Waals surface area contributed by atoms with Crippen LogP contribution in [0.25, 0.3) is 6.08 Å². The van der Waals surface area contributed by atoms with Crippen molar-refractivity contribution in [2.45, 2.75) is 34.1 Å². The number of rotatable bonds is 2. The summed E-state index contributed by atoms with van der Waals surface area (Å²) in [6.07, 6.45) is 5.29. The van der Waals surface area contributed by atoms with Gasteiger partial charge in [-0.2, -0.15) is 0 Å². The molecule has 1 rings (SSSR count). The quantitative estimate of drug-likeness (QED) is 0.630. The predicted octanol–water partition coefficient (Wildman–Crippen LogP) is 4.31. The Hall–Kier alpha value is -1.04. The highest BCUT2D eigenvalue weighted by molar-refractivity contribution is 5.49. The van der Waals surface area contributed by atoms with Gasteiger partial charge in [0.25, 0.3) is 0 Å². The monoisotopic (exact) mass is 176 g/mol. The maximum atomic E-state index is 2.18. The third-order valence-corrected chi connectivity index (χ3v) is 1.75. The minimum Gasteiger partial charge on any atom is -0.0871 e. The van der Waals surface area contributed by atoms with E-state index in [-0.39, 0.29) is 0 Å². The topological polar surface area (TPSA) is 0 Å². The Balaban J connectivity index is 0.000000671. The summed E-state index contributed by atoms with van der Waals surface area (Å²) >= 11 is 0. The molecule has 0 bridgehead atoms. The maximum Gasteiger partial charge on any atom is -0.0260 e. The number of hydrogen-bond donors (Lipinski definition) is 0. The van der Waals surface area contributed by atoms with E-state index in [2.05, 4.69) is 43.3 Å². The molecule has 0 aliphatic carbocycles. The first-order valence-electron chi connectivity index (χ1n) is 5.08. The van der Waals surface area contributed by atoms with Crippen LogP contribution < -0.4 is 0 Å². The molecule has 0 heterocycles. The molecule has 0 aliphatic rings. The second-order valence-electron chi connectivity index (χ2n) is 2.60. The first-order valence-corrected chi connectivity index (χ1v) is 5.08. The zero-order valence-electron chi connectivity index (χ0n) is 9.17. The molecule has 0 amide bonds. The van der Waals surface area contributed by atoms with Crippen molar-refractivity contribution in [3.63, 3.8) is 0 Å². The van der Waals surface area contributed by atoms with Gasteiger partial charge in [-0.3, -0.25) is 0 Å². The fourth-order valence-corrected chi connectivity index (χ4v) is 1.06. The van der Waals surface area contributed by atoms with Gasteiger partial charge in [0, 0.05) is 0 Å². The van der Waals surface area contributed by atoms with Gasteiger partial charge in [-0.25, -0.2) is 0 Å². The van der Waals surface area contributed by atoms with Crippen molar-refractivity contribution < 1.29 is 0 Å². The summed E-state index contributed by atoms with van der Waals surface area (Å²) in [4.78, 5) is 0. The standard InChI is InChI=1S/C11H14.C2H6/c1-3-5-11-8-6-10(4-2)7-9-11;1-2/h3,5-9H,4H2,1-2H3;1-2H3/b5-3+;. The molecule has 0 radical (unpaired) electrons. The molecule has 1 aromatic rings. The van der Waals surface area contributed by atoms with Crippen molar-refractivity contribution in [1.82, 2.24) is 0 Å². The molecular formula is C13H20. The highest BCUT2D eigenvalue weighted by Crippen LogP contribution is 2.06. The minimum absolute atomic E-state index is 1.12. The lowest BCUT2D eigenvalue weighted by atomic mass is 10.1. The van der Waals surface area contributed by atoms with Crippen molar-refractivity contribution >= 4 is 6.08 Å². The molecule has 0 saturated carbocycles. The molecule has 13 heavy (non-hydrogen) atoms. The van der Waals surface area contributed by atoms with Crippen molar-refractivity contribution in [2.24, 2.45) is 0 Å². The van der Waals surface area contributed by atoms with Gasteiger partial charge in [-0.15, -0.1) is 0 Å². The minimum atomic E-state index is 1.12. The van der Waals surface area contributed by atoms with Crippen LogP contribution in [0.3, 0.4) is 0 Å². The molecule has 0 N–H and O–H groups in total. The van der Waals surface area contributed by atoms with E-state index in [1.54, 1.807) is 0 Å². The summed E-state index contributed by atoms with van der Waals surface area (Å²) in [6, 6.07) is 8.66. The number of hydrogen-bond acceptors (Lipinski definition) is 0. The second kappa shape index (κ2) is 7.60. The predicted molar refractivity (Wildman–Crippen MR) is 61.9 cm³/mol. The van der Waals surface area contributed by atoms with Crippen molar-refractivity contribution in [3.05, 3.63) is 41.5 Å². The van der Waals surface area contributed by atoms with Gasteiger partial charge >= 0.3 is 0 Å². The number of aryl methyl sites for hydroxylation is 1. The summed E-state index contributed by atoms with van der Waals surface area (Å²) in [5, 5.41) is 0. The summed E-state index contributed by atoms with van der Waals surface area (Å²) < 4.78 is 0. The van der Waals surface area contributed by atoms with Gasteiger partial charge in [0.15, 0.2) is 0 Å². The SMILES string of the molecule is C/C=C/c1ccc(CC)cc1.CC. The first kappa shape index (κ1) is 12.0. The van der Waals surface area contributed by atoms with Crippen LogP contribution >= 0.6 is 0 Å². The van der Waals surface area contributed by atoms with Gasteiger partial charge in [-0.1, -0.05) is 57.2 Å². The number of allylic oxidation sites excluding steroid dienone is 1. The lowest BCUT2D eigenvalue weighted by Crippen LogP contribution is -1.78. The Bertz CT molecular complexity index is 229. The highest BCUT2D eigenvalue weighted by atomic mass is 13.9. The van der Waals surface area contributed by atoms with E-state index in [0.29, 0.717) is 0 Å². The molecule has 1 aromatic carbocycles. The summed E-state index contributed by atoms with van der Waals surface area (Å²) in [6.45, 7) is 8.21. The third-order valence-electron chi connectivity index (χ3n) is 1.75.